The van der Waals surface area contributed by atoms with Crippen molar-refractivity contribution in [2.45, 2.75) is 39.2 Å². The van der Waals surface area contributed by atoms with Gasteiger partial charge in [0.15, 0.2) is 5.96 Å². The van der Waals surface area contributed by atoms with Gasteiger partial charge in [-0.2, -0.15) is 0 Å². The van der Waals surface area contributed by atoms with Crippen LogP contribution in [-0.2, 0) is 17.8 Å². The summed E-state index contributed by atoms with van der Waals surface area (Å²) in [4.78, 5) is 20.6. The fraction of sp³-hybridized carbons (Fsp3) is 0.455. The van der Waals surface area contributed by atoms with Crippen LogP contribution in [0.25, 0.3) is 0 Å². The lowest BCUT2D eigenvalue weighted by atomic mass is 10.0. The predicted molar refractivity (Wildman–Crippen MR) is 117 cm³/mol. The number of amides is 1. The number of benzene rings is 1. The van der Waals surface area contributed by atoms with Gasteiger partial charge in [-0.3, -0.25) is 9.79 Å². The van der Waals surface area contributed by atoms with Crippen molar-refractivity contribution in [3.63, 3.8) is 0 Å². The summed E-state index contributed by atoms with van der Waals surface area (Å²) in [6.07, 6.45) is 1.46. The molecule has 1 unspecified atom stereocenters. The highest BCUT2D eigenvalue weighted by Gasteiger charge is 2.21. The Hall–Kier alpha value is -2.34. The molecule has 150 valence electrons. The number of hydrogen-bond acceptors (Lipinski definition) is 3. The van der Waals surface area contributed by atoms with Crippen LogP contribution in [0.4, 0.5) is 0 Å². The molecule has 1 aromatic carbocycles. The summed E-state index contributed by atoms with van der Waals surface area (Å²) in [6, 6.07) is 12.6. The third-order valence-corrected chi connectivity index (χ3v) is 6.05. The van der Waals surface area contributed by atoms with E-state index in [0.717, 1.165) is 32.0 Å². The molecule has 0 saturated heterocycles. The summed E-state index contributed by atoms with van der Waals surface area (Å²) in [7, 11) is 0. The number of nitrogens with zero attached hydrogens (tertiary/aromatic N) is 2. The number of rotatable bonds is 7. The maximum atomic E-state index is 12.5. The summed E-state index contributed by atoms with van der Waals surface area (Å²) in [6.45, 7) is 7.91. The molecule has 1 amide bonds. The standard InChI is InChI=1S/C22H30N4OS/c1-3-23-22(25-15-17(2)18-7-5-4-6-8-18)24-12-9-21(27)26-13-10-20-19(16-26)11-14-28-20/h4-8,11,14,17H,3,9-10,12-13,15-16H2,1-2H3,(H2,23,24,25). The Morgan fingerprint density at radius 1 is 1.25 bits per heavy atom. The van der Waals surface area contributed by atoms with Crippen molar-refractivity contribution in [3.05, 3.63) is 57.8 Å². The van der Waals surface area contributed by atoms with Crippen LogP contribution < -0.4 is 10.6 Å². The summed E-state index contributed by atoms with van der Waals surface area (Å²) < 4.78 is 0. The molecule has 0 saturated carbocycles. The number of carbonyl (C=O) groups excluding carboxylic acids is 1. The van der Waals surface area contributed by atoms with Gasteiger partial charge in [0.05, 0.1) is 0 Å². The Morgan fingerprint density at radius 2 is 2.07 bits per heavy atom. The van der Waals surface area contributed by atoms with E-state index in [1.165, 1.54) is 16.0 Å². The summed E-state index contributed by atoms with van der Waals surface area (Å²) >= 11 is 1.80. The highest BCUT2D eigenvalue weighted by atomic mass is 32.1. The second-order valence-electron chi connectivity index (χ2n) is 7.14. The van der Waals surface area contributed by atoms with Gasteiger partial charge < -0.3 is 15.5 Å². The summed E-state index contributed by atoms with van der Waals surface area (Å²) in [5, 5.41) is 8.69. The normalized spacial score (nSPS) is 15.1. The van der Waals surface area contributed by atoms with E-state index in [4.69, 9.17) is 4.99 Å². The largest absolute Gasteiger partial charge is 0.357 e. The fourth-order valence-corrected chi connectivity index (χ4v) is 4.25. The Kier molecular flexibility index (Phi) is 7.48. The number of thiophene rings is 1. The SMILES string of the molecule is CCNC(=NCC(C)c1ccccc1)NCCC(=O)N1CCc2sccc2C1. The Morgan fingerprint density at radius 3 is 2.86 bits per heavy atom. The van der Waals surface area contributed by atoms with E-state index >= 15 is 0 Å². The van der Waals surface area contributed by atoms with Gasteiger partial charge in [0.1, 0.15) is 0 Å². The van der Waals surface area contributed by atoms with Gasteiger partial charge in [-0.1, -0.05) is 37.3 Å². The van der Waals surface area contributed by atoms with Crippen molar-refractivity contribution in [1.29, 1.82) is 0 Å². The highest BCUT2D eigenvalue weighted by molar-refractivity contribution is 7.10. The van der Waals surface area contributed by atoms with Gasteiger partial charge in [0.2, 0.25) is 5.91 Å². The van der Waals surface area contributed by atoms with Crippen molar-refractivity contribution >= 4 is 23.2 Å². The molecule has 0 aliphatic carbocycles. The Balaban J connectivity index is 1.46. The van der Waals surface area contributed by atoms with E-state index < -0.39 is 0 Å². The van der Waals surface area contributed by atoms with Crippen LogP contribution in [0.1, 0.15) is 42.2 Å². The molecule has 6 heteroatoms. The Labute approximate surface area is 171 Å². The van der Waals surface area contributed by atoms with Gasteiger partial charge >= 0.3 is 0 Å². The molecule has 3 rings (SSSR count). The molecule has 5 nitrogen and oxygen atoms in total. The van der Waals surface area contributed by atoms with Crippen molar-refractivity contribution in [3.8, 4) is 0 Å². The molecule has 1 aromatic heterocycles. The van der Waals surface area contributed by atoms with E-state index in [1.807, 2.05) is 11.0 Å². The van der Waals surface area contributed by atoms with Crippen molar-refractivity contribution in [2.24, 2.45) is 4.99 Å². The molecule has 2 heterocycles. The van der Waals surface area contributed by atoms with Crippen LogP contribution >= 0.6 is 11.3 Å². The third-order valence-electron chi connectivity index (χ3n) is 5.03. The summed E-state index contributed by atoms with van der Waals surface area (Å²) in [5.74, 6) is 1.33. The fourth-order valence-electron chi connectivity index (χ4n) is 3.36. The zero-order valence-corrected chi connectivity index (χ0v) is 17.6. The average molecular weight is 399 g/mol. The first-order valence-electron chi connectivity index (χ1n) is 10.1. The van der Waals surface area contributed by atoms with Gasteiger partial charge in [0, 0.05) is 49.9 Å². The van der Waals surface area contributed by atoms with Gasteiger partial charge in [0.25, 0.3) is 0 Å². The minimum Gasteiger partial charge on any atom is -0.357 e. The smallest absolute Gasteiger partial charge is 0.224 e. The molecule has 0 radical (unpaired) electrons. The number of hydrogen-bond donors (Lipinski definition) is 2. The van der Waals surface area contributed by atoms with E-state index in [9.17, 15) is 4.79 Å². The number of nitrogens with one attached hydrogen (secondary N) is 2. The molecule has 2 N–H and O–H groups in total. The van der Waals surface area contributed by atoms with Crippen LogP contribution in [0.2, 0.25) is 0 Å². The number of carbonyl (C=O) groups is 1. The average Bonchev–Trinajstić information content (AvgIpc) is 3.20. The van der Waals surface area contributed by atoms with Crippen molar-refractivity contribution in [1.82, 2.24) is 15.5 Å². The first-order chi connectivity index (χ1) is 13.7. The zero-order chi connectivity index (χ0) is 19.8. The molecule has 28 heavy (non-hydrogen) atoms. The van der Waals surface area contributed by atoms with E-state index in [1.54, 1.807) is 11.3 Å². The molecule has 0 spiro atoms. The first-order valence-corrected chi connectivity index (χ1v) is 11.0. The first kappa shape index (κ1) is 20.4. The molecule has 1 aliphatic rings. The lowest BCUT2D eigenvalue weighted by Gasteiger charge is -2.27. The second kappa shape index (κ2) is 10.3. The predicted octanol–water partition coefficient (Wildman–Crippen LogP) is 3.38. The second-order valence-corrected chi connectivity index (χ2v) is 8.14. The molecule has 0 fully saturated rings. The van der Waals surface area contributed by atoms with Crippen molar-refractivity contribution < 1.29 is 4.79 Å². The minimum absolute atomic E-state index is 0.206. The quantitative estimate of drug-likeness (QED) is 0.555. The molecule has 0 bridgehead atoms. The van der Waals surface area contributed by atoms with Gasteiger partial charge in [-0.05, 0) is 35.9 Å². The van der Waals surface area contributed by atoms with E-state index in [-0.39, 0.29) is 5.91 Å². The lowest BCUT2D eigenvalue weighted by molar-refractivity contribution is -0.131. The molecular formula is C22H30N4OS. The number of guanidine groups is 1. The maximum Gasteiger partial charge on any atom is 0.224 e. The summed E-state index contributed by atoms with van der Waals surface area (Å²) in [5.41, 5.74) is 2.59. The van der Waals surface area contributed by atoms with Crippen LogP contribution in [0, 0.1) is 0 Å². The highest BCUT2D eigenvalue weighted by Crippen LogP contribution is 2.24. The maximum absolute atomic E-state index is 12.5. The van der Waals surface area contributed by atoms with Crippen LogP contribution in [0.3, 0.4) is 0 Å². The monoisotopic (exact) mass is 398 g/mol. The van der Waals surface area contributed by atoms with E-state index in [2.05, 4.69) is 60.2 Å². The molecule has 1 aliphatic heterocycles. The van der Waals surface area contributed by atoms with Gasteiger partial charge in [-0.15, -0.1) is 11.3 Å². The zero-order valence-electron chi connectivity index (χ0n) is 16.8. The topological polar surface area (TPSA) is 56.7 Å². The van der Waals surface area contributed by atoms with Crippen LogP contribution in [0.5, 0.6) is 0 Å². The van der Waals surface area contributed by atoms with Crippen LogP contribution in [-0.4, -0.2) is 42.9 Å². The van der Waals surface area contributed by atoms with Crippen LogP contribution in [0.15, 0.2) is 46.8 Å². The number of aliphatic imine (C=N–C) groups is 1. The third kappa shape index (κ3) is 5.58. The minimum atomic E-state index is 0.206. The molecular weight excluding hydrogens is 368 g/mol. The molecule has 2 aromatic rings. The van der Waals surface area contributed by atoms with Crippen molar-refractivity contribution in [2.75, 3.05) is 26.2 Å². The number of fused-ring (bicyclic) bond motifs is 1. The molecule has 1 atom stereocenters. The Bertz CT molecular complexity index is 787. The van der Waals surface area contributed by atoms with E-state index in [0.29, 0.717) is 25.4 Å². The van der Waals surface area contributed by atoms with Gasteiger partial charge in [-0.25, -0.2) is 0 Å². The lowest BCUT2D eigenvalue weighted by Crippen LogP contribution is -2.41.